The van der Waals surface area contributed by atoms with Gasteiger partial charge in [-0.2, -0.15) is 0 Å². The first-order chi connectivity index (χ1) is 17.4. The maximum absolute atomic E-state index is 12.8. The van der Waals surface area contributed by atoms with Gasteiger partial charge in [0.2, 0.25) is 0 Å². The Morgan fingerprint density at radius 2 is 1.39 bits per heavy atom. The maximum Gasteiger partial charge on any atom is 0.339 e. The summed E-state index contributed by atoms with van der Waals surface area (Å²) in [5, 5.41) is 4.60. The highest BCUT2D eigenvalue weighted by molar-refractivity contribution is 6.14. The van der Waals surface area contributed by atoms with E-state index in [1.807, 2.05) is 13.8 Å². The smallest absolute Gasteiger partial charge is 0.339 e. The lowest BCUT2D eigenvalue weighted by Gasteiger charge is -2.13. The Morgan fingerprint density at radius 3 is 2.08 bits per heavy atom. The molecule has 0 saturated carbocycles. The second-order valence-electron chi connectivity index (χ2n) is 7.35. The molecule has 0 aliphatic carbocycles. The van der Waals surface area contributed by atoms with Crippen LogP contribution in [0, 0.1) is 0 Å². The molecular weight excluding hydrogens is 464 g/mol. The summed E-state index contributed by atoms with van der Waals surface area (Å²) < 4.78 is 16.0. The fourth-order valence-electron chi connectivity index (χ4n) is 3.27. The average molecular weight is 491 g/mol. The highest BCUT2D eigenvalue weighted by Gasteiger charge is 2.20. The summed E-state index contributed by atoms with van der Waals surface area (Å²) in [7, 11) is 0. The monoisotopic (exact) mass is 490 g/mol. The van der Waals surface area contributed by atoms with Gasteiger partial charge >= 0.3 is 12.0 Å². The quantitative estimate of drug-likeness (QED) is 0.322. The molecule has 186 valence electrons. The van der Waals surface area contributed by atoms with E-state index in [0.29, 0.717) is 36.0 Å². The molecule has 2 N–H and O–H groups in total. The molecule has 0 spiro atoms. The molecule has 0 radical (unpaired) electrons. The highest BCUT2D eigenvalue weighted by atomic mass is 16.5. The molecule has 0 aliphatic heterocycles. The molecule has 3 aromatic rings. The first kappa shape index (κ1) is 26.0. The van der Waals surface area contributed by atoms with Gasteiger partial charge in [0.05, 0.1) is 18.8 Å². The summed E-state index contributed by atoms with van der Waals surface area (Å²) in [6.45, 7) is 3.80. The summed E-state index contributed by atoms with van der Waals surface area (Å²) >= 11 is 0. The number of imide groups is 1. The standard InChI is InChI=1S/C27H26N2O7/c1-3-34-22-15-14-19(16-23(22)35-4-2)28-27(33)29-24(30)17-36-26(32)21-13-9-8-12-20(21)25(31)18-10-6-5-7-11-18/h5-16H,3-4,17H2,1-2H3,(H2,28,29,30,33). The van der Waals surface area contributed by atoms with E-state index in [0.717, 1.165) is 0 Å². The fraction of sp³-hybridized carbons (Fsp3) is 0.185. The highest BCUT2D eigenvalue weighted by Crippen LogP contribution is 2.30. The van der Waals surface area contributed by atoms with Crippen LogP contribution in [0.25, 0.3) is 0 Å². The van der Waals surface area contributed by atoms with Crippen molar-refractivity contribution in [1.29, 1.82) is 0 Å². The van der Waals surface area contributed by atoms with E-state index in [2.05, 4.69) is 10.6 Å². The van der Waals surface area contributed by atoms with Crippen LogP contribution in [0.5, 0.6) is 11.5 Å². The third-order valence-corrected chi connectivity index (χ3v) is 4.82. The van der Waals surface area contributed by atoms with Gasteiger partial charge in [0, 0.05) is 22.9 Å². The lowest BCUT2D eigenvalue weighted by molar-refractivity contribution is -0.123. The average Bonchev–Trinajstić information content (AvgIpc) is 2.89. The number of hydrogen-bond donors (Lipinski definition) is 2. The van der Waals surface area contributed by atoms with Crippen LogP contribution in [-0.2, 0) is 9.53 Å². The van der Waals surface area contributed by atoms with E-state index in [-0.39, 0.29) is 16.9 Å². The van der Waals surface area contributed by atoms with Gasteiger partial charge in [-0.1, -0.05) is 48.5 Å². The molecule has 3 rings (SSSR count). The topological polar surface area (TPSA) is 120 Å². The van der Waals surface area contributed by atoms with Crippen molar-refractivity contribution >= 4 is 29.4 Å². The molecule has 0 heterocycles. The molecule has 0 unspecified atom stereocenters. The maximum atomic E-state index is 12.8. The predicted octanol–water partition coefficient (Wildman–Crippen LogP) is 4.22. The Balaban J connectivity index is 1.57. The van der Waals surface area contributed by atoms with Crippen molar-refractivity contribution < 1.29 is 33.4 Å². The number of ketones is 1. The molecule has 0 aliphatic rings. The van der Waals surface area contributed by atoms with Crippen LogP contribution in [0.1, 0.15) is 40.1 Å². The van der Waals surface area contributed by atoms with Crippen LogP contribution in [0.3, 0.4) is 0 Å². The van der Waals surface area contributed by atoms with E-state index in [1.165, 1.54) is 12.1 Å². The van der Waals surface area contributed by atoms with Gasteiger partial charge in [0.15, 0.2) is 23.9 Å². The number of urea groups is 1. The Hall–Kier alpha value is -4.66. The number of carbonyl (C=O) groups excluding carboxylic acids is 4. The van der Waals surface area contributed by atoms with Gasteiger partial charge in [-0.15, -0.1) is 0 Å². The Labute approximate surface area is 208 Å². The van der Waals surface area contributed by atoms with E-state index in [1.54, 1.807) is 60.7 Å². The molecular formula is C27H26N2O7. The second-order valence-corrected chi connectivity index (χ2v) is 7.35. The largest absolute Gasteiger partial charge is 0.490 e. The lowest BCUT2D eigenvalue weighted by Crippen LogP contribution is -2.37. The molecule has 3 amide bonds. The van der Waals surface area contributed by atoms with E-state index >= 15 is 0 Å². The van der Waals surface area contributed by atoms with E-state index in [9.17, 15) is 19.2 Å². The summed E-state index contributed by atoms with van der Waals surface area (Å²) in [4.78, 5) is 49.8. The third-order valence-electron chi connectivity index (χ3n) is 4.82. The van der Waals surface area contributed by atoms with E-state index < -0.39 is 24.5 Å². The summed E-state index contributed by atoms with van der Waals surface area (Å²) in [5.41, 5.74) is 0.945. The molecule has 3 aromatic carbocycles. The van der Waals surface area contributed by atoms with Gasteiger partial charge in [-0.3, -0.25) is 14.9 Å². The Kier molecular flexibility index (Phi) is 9.16. The Morgan fingerprint density at radius 1 is 0.750 bits per heavy atom. The van der Waals surface area contributed by atoms with Crippen molar-refractivity contribution in [2.24, 2.45) is 0 Å². The molecule has 9 heteroatoms. The van der Waals surface area contributed by atoms with Crippen LogP contribution in [0.15, 0.2) is 72.8 Å². The number of rotatable bonds is 10. The van der Waals surface area contributed by atoms with Crippen LogP contribution in [0.4, 0.5) is 10.5 Å². The first-order valence-electron chi connectivity index (χ1n) is 11.3. The summed E-state index contributed by atoms with van der Waals surface area (Å²) in [6.07, 6.45) is 0. The number of amides is 3. The number of esters is 1. The summed E-state index contributed by atoms with van der Waals surface area (Å²) in [5.74, 6) is -1.09. The number of ether oxygens (including phenoxy) is 3. The van der Waals surface area contributed by atoms with Crippen molar-refractivity contribution in [3.8, 4) is 11.5 Å². The number of nitrogens with one attached hydrogen (secondary N) is 2. The van der Waals surface area contributed by atoms with Crippen molar-refractivity contribution in [3.63, 3.8) is 0 Å². The van der Waals surface area contributed by atoms with E-state index in [4.69, 9.17) is 14.2 Å². The van der Waals surface area contributed by atoms with Crippen molar-refractivity contribution in [2.45, 2.75) is 13.8 Å². The molecule has 9 nitrogen and oxygen atoms in total. The predicted molar refractivity (Wildman–Crippen MR) is 133 cm³/mol. The Bertz CT molecular complexity index is 1240. The van der Waals surface area contributed by atoms with Gasteiger partial charge in [0.25, 0.3) is 5.91 Å². The lowest BCUT2D eigenvalue weighted by atomic mass is 9.98. The van der Waals surface area contributed by atoms with Crippen LogP contribution < -0.4 is 20.1 Å². The minimum Gasteiger partial charge on any atom is -0.490 e. The minimum atomic E-state index is -0.863. The van der Waals surface area contributed by atoms with Gasteiger partial charge < -0.3 is 19.5 Å². The zero-order chi connectivity index (χ0) is 25.9. The SMILES string of the molecule is CCOc1ccc(NC(=O)NC(=O)COC(=O)c2ccccc2C(=O)c2ccccc2)cc1OCC. The molecule has 36 heavy (non-hydrogen) atoms. The third kappa shape index (κ3) is 6.92. The van der Waals surface area contributed by atoms with Crippen molar-refractivity contribution in [1.82, 2.24) is 5.32 Å². The van der Waals surface area contributed by atoms with Gasteiger partial charge in [-0.05, 0) is 32.0 Å². The summed E-state index contributed by atoms with van der Waals surface area (Å²) in [6, 6.07) is 18.6. The number of benzene rings is 3. The number of anilines is 1. The normalized spacial score (nSPS) is 10.2. The molecule has 0 fully saturated rings. The number of carbonyl (C=O) groups is 4. The van der Waals surface area contributed by atoms with Gasteiger partial charge in [0.1, 0.15) is 0 Å². The molecule has 0 saturated heterocycles. The van der Waals surface area contributed by atoms with Crippen LogP contribution in [-0.4, -0.2) is 43.5 Å². The molecule has 0 atom stereocenters. The second kappa shape index (κ2) is 12.7. The van der Waals surface area contributed by atoms with Crippen molar-refractivity contribution in [2.75, 3.05) is 25.1 Å². The fourth-order valence-corrected chi connectivity index (χ4v) is 3.27. The van der Waals surface area contributed by atoms with Crippen molar-refractivity contribution in [3.05, 3.63) is 89.5 Å². The van der Waals surface area contributed by atoms with Gasteiger partial charge in [-0.25, -0.2) is 9.59 Å². The molecule has 0 bridgehead atoms. The zero-order valence-corrected chi connectivity index (χ0v) is 19.9. The molecule has 0 aromatic heterocycles. The number of hydrogen-bond acceptors (Lipinski definition) is 7. The minimum absolute atomic E-state index is 0.0152. The van der Waals surface area contributed by atoms with Crippen LogP contribution >= 0.6 is 0 Å². The zero-order valence-electron chi connectivity index (χ0n) is 19.9. The van der Waals surface area contributed by atoms with Crippen LogP contribution in [0.2, 0.25) is 0 Å². The first-order valence-corrected chi connectivity index (χ1v) is 11.3.